The van der Waals surface area contributed by atoms with Gasteiger partial charge in [0.1, 0.15) is 5.78 Å². The first-order chi connectivity index (χ1) is 14.0. The highest BCUT2D eigenvalue weighted by molar-refractivity contribution is 5.79. The molecular weight excluding hydrogens is 364 g/mol. The highest BCUT2D eigenvalue weighted by atomic mass is 16.2. The lowest BCUT2D eigenvalue weighted by Gasteiger charge is -2.47. The number of nitrogens with one attached hydrogen (secondary N) is 1. The summed E-state index contributed by atoms with van der Waals surface area (Å²) < 4.78 is 0. The zero-order valence-corrected chi connectivity index (χ0v) is 18.1. The molecule has 1 unspecified atom stereocenters. The summed E-state index contributed by atoms with van der Waals surface area (Å²) in [4.78, 5) is 31.4. The van der Waals surface area contributed by atoms with Crippen molar-refractivity contribution >= 4 is 11.8 Å². The fourth-order valence-corrected chi connectivity index (χ4v) is 4.75. The number of likely N-dealkylation sites (tertiary alicyclic amines) is 1. The van der Waals surface area contributed by atoms with Gasteiger partial charge in [-0.2, -0.15) is 0 Å². The van der Waals surface area contributed by atoms with Gasteiger partial charge in [-0.15, -0.1) is 0 Å². The molecule has 29 heavy (non-hydrogen) atoms. The van der Waals surface area contributed by atoms with Crippen molar-refractivity contribution in [2.75, 3.05) is 40.3 Å². The maximum Gasteiger partial charge on any atom is 0.317 e. The van der Waals surface area contributed by atoms with Crippen LogP contribution in [0, 0.1) is 5.92 Å². The van der Waals surface area contributed by atoms with Gasteiger partial charge >= 0.3 is 6.03 Å². The third-order valence-electron chi connectivity index (χ3n) is 6.31. The third kappa shape index (κ3) is 6.03. The third-order valence-corrected chi connectivity index (χ3v) is 6.31. The lowest BCUT2D eigenvalue weighted by atomic mass is 9.76. The van der Waals surface area contributed by atoms with Crippen molar-refractivity contribution in [1.82, 2.24) is 20.0 Å². The second kappa shape index (κ2) is 10.2. The van der Waals surface area contributed by atoms with Gasteiger partial charge in [-0.1, -0.05) is 30.3 Å². The molecule has 3 rings (SSSR count). The van der Waals surface area contributed by atoms with Gasteiger partial charge in [-0.05, 0) is 45.3 Å². The first-order valence-electron chi connectivity index (χ1n) is 11.0. The average Bonchev–Trinajstić information content (AvgIpc) is 2.68. The number of rotatable bonds is 7. The molecule has 1 aliphatic carbocycles. The van der Waals surface area contributed by atoms with Crippen LogP contribution in [0.1, 0.15) is 38.2 Å². The summed E-state index contributed by atoms with van der Waals surface area (Å²) in [6.07, 6.45) is 3.19. The number of fused-ring (bicyclic) bond motifs is 1. The molecule has 6 heteroatoms. The van der Waals surface area contributed by atoms with E-state index in [1.807, 2.05) is 32.0 Å². The molecule has 6 nitrogen and oxygen atoms in total. The molecule has 1 saturated carbocycles. The number of hydrogen-bond acceptors (Lipinski definition) is 4. The van der Waals surface area contributed by atoms with Crippen molar-refractivity contribution in [2.24, 2.45) is 5.92 Å². The van der Waals surface area contributed by atoms with Gasteiger partial charge in [0, 0.05) is 57.6 Å². The van der Waals surface area contributed by atoms with Crippen molar-refractivity contribution in [1.29, 1.82) is 0 Å². The molecule has 0 bridgehead atoms. The number of carbonyl (C=O) groups excluding carboxylic acids is 2. The van der Waals surface area contributed by atoms with Crippen LogP contribution in [0.15, 0.2) is 30.3 Å². The number of amides is 2. The largest absolute Gasteiger partial charge is 0.334 e. The van der Waals surface area contributed by atoms with E-state index >= 15 is 0 Å². The number of benzene rings is 1. The minimum absolute atomic E-state index is 0.0135. The minimum Gasteiger partial charge on any atom is -0.334 e. The number of nitrogens with zero attached hydrogens (tertiary/aromatic N) is 3. The molecule has 0 radical (unpaired) electrons. The van der Waals surface area contributed by atoms with E-state index in [1.165, 1.54) is 5.56 Å². The van der Waals surface area contributed by atoms with Crippen LogP contribution in [0.2, 0.25) is 0 Å². The van der Waals surface area contributed by atoms with Gasteiger partial charge in [-0.3, -0.25) is 9.69 Å². The van der Waals surface area contributed by atoms with E-state index in [4.69, 9.17) is 0 Å². The summed E-state index contributed by atoms with van der Waals surface area (Å²) in [6.45, 7) is 6.02. The highest BCUT2D eigenvalue weighted by Crippen LogP contribution is 2.35. The second-order valence-corrected chi connectivity index (χ2v) is 8.79. The van der Waals surface area contributed by atoms with Crippen LogP contribution in [0.4, 0.5) is 4.79 Å². The maximum absolute atomic E-state index is 12.9. The molecule has 2 fully saturated rings. The molecule has 1 aromatic carbocycles. The predicted molar refractivity (Wildman–Crippen MR) is 116 cm³/mol. The summed E-state index contributed by atoms with van der Waals surface area (Å²) in [5.74, 6) is 0.718. The zero-order valence-electron chi connectivity index (χ0n) is 18.1. The fourth-order valence-electron chi connectivity index (χ4n) is 4.75. The SMILES string of the molecule is CCN(CCN(C)C)C(=O)NC1C[C@@H]2CC(=O)CC[C@H]2N(Cc2ccccc2)C1. The van der Waals surface area contributed by atoms with Crippen LogP contribution in [0.25, 0.3) is 0 Å². The topological polar surface area (TPSA) is 55.9 Å². The number of Topliss-reactive ketones (excluding diaryl/α,β-unsaturated/α-hetero) is 1. The van der Waals surface area contributed by atoms with Gasteiger partial charge in [0.05, 0.1) is 0 Å². The standard InChI is InChI=1S/C23H36N4O2/c1-4-26(13-12-25(2)3)23(29)24-20-14-19-15-21(28)10-11-22(19)27(17-20)16-18-8-6-5-7-9-18/h5-9,19-20,22H,4,10-17H2,1-3H3,(H,24,29)/t19-,20?,22-/m1/s1. The molecule has 0 spiro atoms. The highest BCUT2D eigenvalue weighted by Gasteiger charge is 2.40. The Kier molecular flexibility index (Phi) is 7.67. The molecule has 1 aromatic rings. The number of piperidine rings is 1. The molecule has 0 aromatic heterocycles. The van der Waals surface area contributed by atoms with Crippen LogP contribution in [0.3, 0.4) is 0 Å². The number of carbonyl (C=O) groups is 2. The van der Waals surface area contributed by atoms with Gasteiger partial charge in [0.25, 0.3) is 0 Å². The summed E-state index contributed by atoms with van der Waals surface area (Å²) in [7, 11) is 4.04. The Labute approximate surface area is 175 Å². The number of hydrogen-bond donors (Lipinski definition) is 1. The van der Waals surface area contributed by atoms with Gasteiger partial charge < -0.3 is 15.1 Å². The molecule has 1 aliphatic heterocycles. The smallest absolute Gasteiger partial charge is 0.317 e. The summed E-state index contributed by atoms with van der Waals surface area (Å²) in [6, 6.07) is 11.0. The Bertz CT molecular complexity index is 679. The van der Waals surface area contributed by atoms with Crippen LogP contribution >= 0.6 is 0 Å². The average molecular weight is 401 g/mol. The molecule has 1 N–H and O–H groups in total. The molecule has 3 atom stereocenters. The second-order valence-electron chi connectivity index (χ2n) is 8.79. The van der Waals surface area contributed by atoms with Crippen molar-refractivity contribution < 1.29 is 9.59 Å². The van der Waals surface area contributed by atoms with E-state index in [-0.39, 0.29) is 12.1 Å². The van der Waals surface area contributed by atoms with Gasteiger partial charge in [0.15, 0.2) is 0 Å². The Balaban J connectivity index is 1.66. The molecule has 2 amide bonds. The number of urea groups is 1. The van der Waals surface area contributed by atoms with E-state index in [0.29, 0.717) is 37.1 Å². The van der Waals surface area contributed by atoms with Crippen LogP contribution < -0.4 is 5.32 Å². The van der Waals surface area contributed by atoms with E-state index in [9.17, 15) is 9.59 Å². The zero-order chi connectivity index (χ0) is 20.8. The van der Waals surface area contributed by atoms with Gasteiger partial charge in [-0.25, -0.2) is 4.79 Å². The molecular formula is C23H36N4O2. The fraction of sp³-hybridized carbons (Fsp3) is 0.652. The molecule has 2 aliphatic rings. The van der Waals surface area contributed by atoms with Crippen LogP contribution in [0.5, 0.6) is 0 Å². The lowest BCUT2D eigenvalue weighted by Crippen LogP contribution is -2.58. The van der Waals surface area contributed by atoms with E-state index in [0.717, 1.165) is 39.0 Å². The predicted octanol–water partition coefficient (Wildman–Crippen LogP) is 2.59. The minimum atomic E-state index is 0.0135. The Morgan fingerprint density at radius 2 is 1.97 bits per heavy atom. The Hall–Kier alpha value is -1.92. The normalized spacial score (nSPS) is 25.0. The van der Waals surface area contributed by atoms with Crippen molar-refractivity contribution in [2.45, 2.75) is 51.2 Å². The summed E-state index contributed by atoms with van der Waals surface area (Å²) in [5, 5.41) is 3.27. The van der Waals surface area contributed by atoms with Crippen LogP contribution in [-0.2, 0) is 11.3 Å². The van der Waals surface area contributed by atoms with Crippen molar-refractivity contribution in [3.05, 3.63) is 35.9 Å². The maximum atomic E-state index is 12.9. The van der Waals surface area contributed by atoms with Crippen LogP contribution in [-0.4, -0.2) is 78.9 Å². The number of likely N-dealkylation sites (N-methyl/N-ethyl adjacent to an activating group) is 2. The first kappa shape index (κ1) is 21.8. The number of ketones is 1. The molecule has 1 heterocycles. The Morgan fingerprint density at radius 3 is 2.66 bits per heavy atom. The van der Waals surface area contributed by atoms with Crippen molar-refractivity contribution in [3.8, 4) is 0 Å². The summed E-state index contributed by atoms with van der Waals surface area (Å²) >= 11 is 0. The monoisotopic (exact) mass is 400 g/mol. The molecule has 160 valence electrons. The van der Waals surface area contributed by atoms with E-state index in [2.05, 4.69) is 39.4 Å². The van der Waals surface area contributed by atoms with Crippen molar-refractivity contribution in [3.63, 3.8) is 0 Å². The quantitative estimate of drug-likeness (QED) is 0.764. The summed E-state index contributed by atoms with van der Waals surface area (Å²) in [5.41, 5.74) is 1.29. The Morgan fingerprint density at radius 1 is 1.21 bits per heavy atom. The first-order valence-corrected chi connectivity index (χ1v) is 11.0. The molecule has 1 saturated heterocycles. The van der Waals surface area contributed by atoms with Gasteiger partial charge in [0.2, 0.25) is 0 Å². The van der Waals surface area contributed by atoms with E-state index in [1.54, 1.807) is 0 Å². The lowest BCUT2D eigenvalue weighted by molar-refractivity contribution is -0.124. The van der Waals surface area contributed by atoms with E-state index < -0.39 is 0 Å².